The highest BCUT2D eigenvalue weighted by Gasteiger charge is 2.64. The van der Waals surface area contributed by atoms with Crippen LogP contribution in [0.15, 0.2) is 42.5 Å². The van der Waals surface area contributed by atoms with E-state index in [4.69, 9.17) is 0 Å². The summed E-state index contributed by atoms with van der Waals surface area (Å²) >= 11 is 0. The molecule has 1 unspecified atom stereocenters. The second kappa shape index (κ2) is 8.35. The largest absolute Gasteiger partial charge is 0.336 e. The summed E-state index contributed by atoms with van der Waals surface area (Å²) in [5, 5.41) is 9.57. The normalized spacial score (nSPS) is 23.8. The Labute approximate surface area is 201 Å². The van der Waals surface area contributed by atoms with Crippen LogP contribution in [0.1, 0.15) is 31.2 Å². The molecule has 6 nitrogen and oxygen atoms in total. The molecule has 1 saturated heterocycles. The minimum absolute atomic E-state index is 0.0180. The zero-order valence-corrected chi connectivity index (χ0v) is 19.6. The van der Waals surface area contributed by atoms with E-state index in [1.807, 2.05) is 0 Å². The first-order valence-corrected chi connectivity index (χ1v) is 13.1. The minimum Gasteiger partial charge on any atom is -0.336 e. The number of hydrogen-bond acceptors (Lipinski definition) is 4. The Morgan fingerprint density at radius 3 is 2.40 bits per heavy atom. The number of nitrogens with zero attached hydrogens (tertiary/aromatic N) is 2. The molecule has 3 fully saturated rings. The molecule has 35 heavy (non-hydrogen) atoms. The Bertz CT molecular complexity index is 1320. The lowest BCUT2D eigenvalue weighted by Crippen LogP contribution is -2.51. The Morgan fingerprint density at radius 2 is 1.83 bits per heavy atom. The highest BCUT2D eigenvalue weighted by molar-refractivity contribution is 7.89. The molecule has 1 amide bonds. The molecular formula is C25H24F3N3O3S. The van der Waals surface area contributed by atoms with Crippen molar-refractivity contribution < 1.29 is 26.4 Å². The van der Waals surface area contributed by atoms with Gasteiger partial charge in [0.2, 0.25) is 21.9 Å². The van der Waals surface area contributed by atoms with Gasteiger partial charge in [-0.2, -0.15) is 5.26 Å². The molecule has 5 rings (SSSR count). The van der Waals surface area contributed by atoms with E-state index in [-0.39, 0.29) is 24.1 Å². The van der Waals surface area contributed by atoms with Gasteiger partial charge in [0.25, 0.3) is 0 Å². The lowest BCUT2D eigenvalue weighted by atomic mass is 9.91. The van der Waals surface area contributed by atoms with Crippen molar-refractivity contribution in [2.75, 3.05) is 12.6 Å². The van der Waals surface area contributed by atoms with Crippen LogP contribution in [-0.2, 0) is 21.2 Å². The molecule has 2 aliphatic carbocycles. The van der Waals surface area contributed by atoms with Crippen LogP contribution in [0.3, 0.4) is 0 Å². The van der Waals surface area contributed by atoms with E-state index in [2.05, 4.69) is 10.8 Å². The quantitative estimate of drug-likeness (QED) is 0.624. The minimum atomic E-state index is -4.29. The van der Waals surface area contributed by atoms with Crippen molar-refractivity contribution >= 4 is 15.9 Å². The molecule has 0 radical (unpaired) electrons. The highest BCUT2D eigenvalue weighted by atomic mass is 32.2. The second-order valence-electron chi connectivity index (χ2n) is 9.87. The van der Waals surface area contributed by atoms with E-state index in [1.54, 1.807) is 30.3 Å². The highest BCUT2D eigenvalue weighted by Crippen LogP contribution is 2.58. The van der Waals surface area contributed by atoms with E-state index in [9.17, 15) is 27.3 Å². The van der Waals surface area contributed by atoms with Crippen LogP contribution in [0.4, 0.5) is 13.2 Å². The number of alkyl halides is 1. The number of nitrogens with one attached hydrogen (secondary N) is 1. The number of carbonyl (C=O) groups excluding carboxylic acids is 1. The summed E-state index contributed by atoms with van der Waals surface area (Å²) in [6.07, 6.45) is 1.82. The molecule has 1 heterocycles. The van der Waals surface area contributed by atoms with Crippen LogP contribution in [0.2, 0.25) is 0 Å². The lowest BCUT2D eigenvalue weighted by Gasteiger charge is -2.30. The first-order valence-electron chi connectivity index (χ1n) is 11.5. The number of carbonyl (C=O) groups is 1. The van der Waals surface area contributed by atoms with Crippen molar-refractivity contribution in [1.82, 2.24) is 9.62 Å². The number of rotatable bonds is 7. The van der Waals surface area contributed by atoms with E-state index in [1.165, 1.54) is 4.90 Å². The van der Waals surface area contributed by atoms with E-state index in [0.29, 0.717) is 31.2 Å². The summed E-state index contributed by atoms with van der Waals surface area (Å²) in [5.41, 5.74) is -1.28. The zero-order valence-electron chi connectivity index (χ0n) is 18.8. The number of nitriles is 1. The number of sulfonamides is 1. The molecule has 3 aliphatic rings. The Kier molecular flexibility index (Phi) is 5.68. The van der Waals surface area contributed by atoms with Gasteiger partial charge in [-0.15, -0.1) is 0 Å². The van der Waals surface area contributed by atoms with Gasteiger partial charge in [0.05, 0.1) is 12.1 Å². The lowest BCUT2D eigenvalue weighted by molar-refractivity contribution is -0.136. The summed E-state index contributed by atoms with van der Waals surface area (Å²) in [6.45, 7) is 0.182. The molecule has 0 bridgehead atoms. The first kappa shape index (κ1) is 23.8. The number of hydrogen-bond donors (Lipinski definition) is 1. The van der Waals surface area contributed by atoms with Gasteiger partial charge >= 0.3 is 0 Å². The SMILES string of the molecule is N#CC1(C(=O)N2CC3(CC3)C(NS(=O)(=O)CF)[C@@H]2Cc2cc(F)cc(-c3ccccc3)c2F)CC1. The fourth-order valence-electron chi connectivity index (χ4n) is 5.27. The topological polar surface area (TPSA) is 90.3 Å². The van der Waals surface area contributed by atoms with Gasteiger partial charge in [-0.25, -0.2) is 26.3 Å². The van der Waals surface area contributed by atoms with Crippen LogP contribution < -0.4 is 4.72 Å². The monoisotopic (exact) mass is 503 g/mol. The Balaban J connectivity index is 1.56. The predicted octanol–water partition coefficient (Wildman–Crippen LogP) is 3.68. The predicted molar refractivity (Wildman–Crippen MR) is 122 cm³/mol. The molecule has 0 aromatic heterocycles. The molecule has 2 aromatic rings. The van der Waals surface area contributed by atoms with Crippen LogP contribution in [0, 0.1) is 33.8 Å². The van der Waals surface area contributed by atoms with Gasteiger partial charge < -0.3 is 4.90 Å². The Hall–Kier alpha value is -2.90. The molecule has 1 aliphatic heterocycles. The van der Waals surface area contributed by atoms with Gasteiger partial charge in [-0.3, -0.25) is 4.79 Å². The van der Waals surface area contributed by atoms with Crippen LogP contribution in [0.25, 0.3) is 11.1 Å². The second-order valence-corrected chi connectivity index (χ2v) is 11.6. The van der Waals surface area contributed by atoms with Gasteiger partial charge in [0.1, 0.15) is 17.0 Å². The molecule has 184 valence electrons. The molecule has 1 N–H and O–H groups in total. The maximum Gasteiger partial charge on any atom is 0.243 e. The van der Waals surface area contributed by atoms with E-state index >= 15 is 4.39 Å². The summed E-state index contributed by atoms with van der Waals surface area (Å²) in [6, 6.07) is 9.25. The number of likely N-dealkylation sites (tertiary alicyclic amines) is 1. The van der Waals surface area contributed by atoms with Crippen molar-refractivity contribution in [3.05, 3.63) is 59.7 Å². The third kappa shape index (κ3) is 4.21. The maximum atomic E-state index is 15.7. The smallest absolute Gasteiger partial charge is 0.243 e. The average Bonchev–Trinajstić information content (AvgIpc) is 3.77. The van der Waals surface area contributed by atoms with Crippen molar-refractivity contribution in [2.45, 2.75) is 44.2 Å². The fourth-order valence-corrected chi connectivity index (χ4v) is 6.13. The molecular weight excluding hydrogens is 479 g/mol. The van der Waals surface area contributed by atoms with Gasteiger partial charge in [-0.05, 0) is 55.4 Å². The zero-order chi connectivity index (χ0) is 25.0. The maximum absolute atomic E-state index is 15.7. The fraction of sp³-hybridized carbons (Fsp3) is 0.440. The summed E-state index contributed by atoms with van der Waals surface area (Å²) in [7, 11) is -4.29. The summed E-state index contributed by atoms with van der Waals surface area (Å²) in [4.78, 5) is 14.8. The summed E-state index contributed by atoms with van der Waals surface area (Å²) < 4.78 is 70.3. The molecule has 2 aromatic carbocycles. The van der Waals surface area contributed by atoms with Crippen molar-refractivity contribution in [1.29, 1.82) is 5.26 Å². The van der Waals surface area contributed by atoms with E-state index in [0.717, 1.165) is 12.1 Å². The standard InChI is InChI=1S/C25H24F3N3O3S/c26-15-35(33,34)30-22-20(31(14-25(22)8-9-25)23(32)24(13-29)6-7-24)11-17-10-18(27)12-19(21(17)28)16-4-2-1-3-5-16/h1-5,10,12,20,22,30H,6-9,11,14-15H2/t20-,22?/m0/s1. The van der Waals surface area contributed by atoms with E-state index < -0.39 is 56.5 Å². The average molecular weight is 504 g/mol. The third-order valence-electron chi connectivity index (χ3n) is 7.53. The van der Waals surface area contributed by atoms with Crippen LogP contribution in [0.5, 0.6) is 0 Å². The third-order valence-corrected chi connectivity index (χ3v) is 8.43. The van der Waals surface area contributed by atoms with Crippen molar-refractivity contribution in [3.8, 4) is 17.2 Å². The number of amides is 1. The number of benzene rings is 2. The van der Waals surface area contributed by atoms with Crippen molar-refractivity contribution in [2.24, 2.45) is 10.8 Å². The van der Waals surface area contributed by atoms with Gasteiger partial charge in [-0.1, -0.05) is 30.3 Å². The van der Waals surface area contributed by atoms with Gasteiger partial charge in [0.15, 0.2) is 0 Å². The van der Waals surface area contributed by atoms with Crippen LogP contribution >= 0.6 is 0 Å². The molecule has 2 atom stereocenters. The van der Waals surface area contributed by atoms with Gasteiger partial charge in [0, 0.05) is 23.6 Å². The summed E-state index contributed by atoms with van der Waals surface area (Å²) in [5.74, 6) is -1.78. The van der Waals surface area contributed by atoms with Crippen molar-refractivity contribution in [3.63, 3.8) is 0 Å². The van der Waals surface area contributed by atoms with Crippen LogP contribution in [-0.4, -0.2) is 43.9 Å². The first-order chi connectivity index (χ1) is 16.6. The Morgan fingerprint density at radius 1 is 1.14 bits per heavy atom. The molecule has 2 saturated carbocycles. The molecule has 1 spiro atoms. The number of halogens is 3. The molecule has 10 heteroatoms.